The van der Waals surface area contributed by atoms with Crippen molar-refractivity contribution in [3.05, 3.63) is 40.4 Å². The summed E-state index contributed by atoms with van der Waals surface area (Å²) >= 11 is 0. The molecule has 0 heterocycles. The molecule has 0 spiro atoms. The Bertz CT molecular complexity index is 492. The average molecular weight is 391 g/mol. The molecule has 2 unspecified atom stereocenters. The molecule has 0 fully saturated rings. The Morgan fingerprint density at radius 2 is 1.46 bits per heavy atom. The summed E-state index contributed by atoms with van der Waals surface area (Å²) < 4.78 is 5.63. The van der Waals surface area contributed by atoms with Crippen LogP contribution >= 0.6 is 0 Å². The van der Waals surface area contributed by atoms with Crippen LogP contribution in [0.1, 0.15) is 97.3 Å². The Labute approximate surface area is 172 Å². The van der Waals surface area contributed by atoms with Gasteiger partial charge in [-0.15, -0.1) is 0 Å². The van der Waals surface area contributed by atoms with E-state index in [0.29, 0.717) is 18.1 Å². The van der Waals surface area contributed by atoms with Gasteiger partial charge in [0.2, 0.25) is 6.04 Å². The summed E-state index contributed by atoms with van der Waals surface area (Å²) in [5.74, 6) is 1.30. The first-order valence-corrected chi connectivity index (χ1v) is 11.4. The lowest BCUT2D eigenvalue weighted by molar-refractivity contribution is -0.525. The highest BCUT2D eigenvalue weighted by molar-refractivity contribution is 5.20. The number of nitro groups is 1. The molecule has 4 heteroatoms. The molecule has 0 aromatic heterocycles. The second kappa shape index (κ2) is 16.4. The Morgan fingerprint density at radius 1 is 0.893 bits per heavy atom. The Balaban J connectivity index is 2.40. The van der Waals surface area contributed by atoms with Gasteiger partial charge in [0.15, 0.2) is 6.61 Å². The van der Waals surface area contributed by atoms with Gasteiger partial charge in [-0.2, -0.15) is 0 Å². The van der Waals surface area contributed by atoms with Crippen molar-refractivity contribution in [1.82, 2.24) is 0 Å². The summed E-state index contributed by atoms with van der Waals surface area (Å²) in [5, 5.41) is 11.5. The van der Waals surface area contributed by atoms with Gasteiger partial charge in [-0.25, -0.2) is 0 Å². The van der Waals surface area contributed by atoms with Crippen molar-refractivity contribution >= 4 is 0 Å². The molecule has 0 N–H and O–H groups in total. The maximum Gasteiger partial charge on any atom is 0.246 e. The number of ether oxygens (including phenoxy) is 1. The summed E-state index contributed by atoms with van der Waals surface area (Å²) in [4.78, 5) is 11.3. The third kappa shape index (κ3) is 12.0. The predicted octanol–water partition coefficient (Wildman–Crippen LogP) is 7.24. The zero-order valence-electron chi connectivity index (χ0n) is 18.0. The van der Waals surface area contributed by atoms with Crippen LogP contribution in [0.2, 0.25) is 0 Å². The molecule has 0 aliphatic heterocycles. The first kappa shape index (κ1) is 24.5. The molecule has 0 saturated heterocycles. The first-order valence-electron chi connectivity index (χ1n) is 11.4. The predicted molar refractivity (Wildman–Crippen MR) is 116 cm³/mol. The summed E-state index contributed by atoms with van der Waals surface area (Å²) in [5.41, 5.74) is 0. The zero-order valence-corrected chi connectivity index (χ0v) is 18.0. The lowest BCUT2D eigenvalue weighted by Gasteiger charge is -2.18. The second-order valence-corrected chi connectivity index (χ2v) is 7.98. The van der Waals surface area contributed by atoms with Crippen molar-refractivity contribution in [2.24, 2.45) is 5.92 Å². The lowest BCUT2D eigenvalue weighted by atomic mass is 9.89. The highest BCUT2D eigenvalue weighted by Gasteiger charge is 2.23. The van der Waals surface area contributed by atoms with Gasteiger partial charge < -0.3 is 4.74 Å². The van der Waals surface area contributed by atoms with Gasteiger partial charge in [0.05, 0.1) is 0 Å². The van der Waals surface area contributed by atoms with Crippen LogP contribution in [0.15, 0.2) is 24.3 Å². The van der Waals surface area contributed by atoms with Crippen LogP contribution in [-0.4, -0.2) is 17.6 Å². The normalized spacial score (nSPS) is 13.2. The number of benzene rings is 1. The molecule has 2 atom stereocenters. The van der Waals surface area contributed by atoms with Crippen molar-refractivity contribution in [3.8, 4) is 5.75 Å². The quantitative estimate of drug-likeness (QED) is 0.151. The Hall–Kier alpha value is -1.58. The molecule has 0 aliphatic rings. The number of nitrogens with zero attached hydrogens (tertiary/aromatic N) is 1. The van der Waals surface area contributed by atoms with Gasteiger partial charge in [-0.05, 0) is 30.5 Å². The van der Waals surface area contributed by atoms with E-state index in [1.165, 1.54) is 70.6 Å². The van der Waals surface area contributed by atoms with Crippen molar-refractivity contribution in [1.29, 1.82) is 0 Å². The van der Waals surface area contributed by atoms with Crippen LogP contribution < -0.4 is 4.74 Å². The van der Waals surface area contributed by atoms with Crippen LogP contribution in [0.5, 0.6) is 5.75 Å². The van der Waals surface area contributed by atoms with Crippen molar-refractivity contribution in [3.63, 3.8) is 0 Å². The summed E-state index contributed by atoms with van der Waals surface area (Å²) in [6.07, 6.45) is 15.6. The van der Waals surface area contributed by atoms with Gasteiger partial charge in [0.25, 0.3) is 0 Å². The van der Waals surface area contributed by atoms with E-state index in [1.54, 1.807) is 24.3 Å². The fraction of sp³-hybridized carbons (Fsp3) is 0.750. The van der Waals surface area contributed by atoms with Crippen molar-refractivity contribution in [2.75, 3.05) is 6.61 Å². The van der Waals surface area contributed by atoms with Gasteiger partial charge in [0.1, 0.15) is 5.75 Å². The van der Waals surface area contributed by atoms with Gasteiger partial charge in [-0.3, -0.25) is 10.1 Å². The summed E-state index contributed by atoms with van der Waals surface area (Å²) in [6, 6.07) is 9.43. The van der Waals surface area contributed by atoms with E-state index in [1.807, 2.05) is 0 Å². The van der Waals surface area contributed by atoms with Gasteiger partial charge >= 0.3 is 0 Å². The average Bonchev–Trinajstić information content (AvgIpc) is 2.70. The number of hydrogen-bond donors (Lipinski definition) is 0. The number of rotatable bonds is 18. The molecular formula is C24H40NO3. The smallest absolute Gasteiger partial charge is 0.246 e. The molecule has 1 radical (unpaired) electrons. The highest BCUT2D eigenvalue weighted by atomic mass is 16.6. The van der Waals surface area contributed by atoms with Crippen LogP contribution in [0.3, 0.4) is 0 Å². The van der Waals surface area contributed by atoms with Crippen LogP contribution in [0.25, 0.3) is 0 Å². The summed E-state index contributed by atoms with van der Waals surface area (Å²) in [7, 11) is 0. The minimum atomic E-state index is -0.623. The van der Waals surface area contributed by atoms with Crippen molar-refractivity contribution < 1.29 is 9.66 Å². The molecule has 0 aliphatic carbocycles. The number of hydrogen-bond acceptors (Lipinski definition) is 3. The molecule has 1 aromatic carbocycles. The second-order valence-electron chi connectivity index (χ2n) is 7.98. The van der Waals surface area contributed by atoms with E-state index in [9.17, 15) is 10.1 Å². The maximum atomic E-state index is 11.5. The molecule has 0 saturated carbocycles. The minimum Gasteiger partial charge on any atom is -0.486 e. The Morgan fingerprint density at radius 3 is 2.11 bits per heavy atom. The Kier molecular flexibility index (Phi) is 14.3. The topological polar surface area (TPSA) is 52.4 Å². The fourth-order valence-corrected chi connectivity index (χ4v) is 3.67. The molecule has 0 bridgehead atoms. The third-order valence-corrected chi connectivity index (χ3v) is 5.52. The lowest BCUT2D eigenvalue weighted by Crippen LogP contribution is -2.27. The molecule has 4 nitrogen and oxygen atoms in total. The summed E-state index contributed by atoms with van der Waals surface area (Å²) in [6.45, 7) is 4.62. The fourth-order valence-electron chi connectivity index (χ4n) is 3.67. The van der Waals surface area contributed by atoms with E-state index in [2.05, 4.69) is 19.9 Å². The van der Waals surface area contributed by atoms with Gasteiger partial charge in [-0.1, -0.05) is 96.6 Å². The molecule has 159 valence electrons. The molecular weight excluding hydrogens is 350 g/mol. The minimum absolute atomic E-state index is 0.149. The molecule has 28 heavy (non-hydrogen) atoms. The molecule has 1 rings (SSSR count). The third-order valence-electron chi connectivity index (χ3n) is 5.52. The maximum absolute atomic E-state index is 11.5. The zero-order chi connectivity index (χ0) is 20.5. The van der Waals surface area contributed by atoms with Crippen LogP contribution in [0.4, 0.5) is 0 Å². The first-order chi connectivity index (χ1) is 13.7. The van der Waals surface area contributed by atoms with Crippen LogP contribution in [0, 0.1) is 22.1 Å². The van der Waals surface area contributed by atoms with E-state index in [-0.39, 0.29) is 11.5 Å². The van der Waals surface area contributed by atoms with Crippen molar-refractivity contribution in [2.45, 2.75) is 103 Å². The van der Waals surface area contributed by atoms with E-state index in [0.717, 1.165) is 6.42 Å². The number of unbranched alkanes of at least 4 members (excludes halogenated alkanes) is 7. The molecule has 1 aromatic rings. The largest absolute Gasteiger partial charge is 0.486 e. The van der Waals surface area contributed by atoms with Gasteiger partial charge in [0, 0.05) is 11.3 Å². The monoisotopic (exact) mass is 390 g/mol. The molecule has 0 amide bonds. The SMILES string of the molecule is CCCCCCCCC(CCCCC)CCC(COc1cc[c]cc1)[N+](=O)[O-]. The standard InChI is InChI=1S/C24H40NO3/c1-3-5-7-8-9-12-16-22(15-11-6-4-2)19-20-23(25(26)27)21-28-24-17-13-10-14-18-24/h13-14,17-18,22-23H,3-9,11-12,15-16,19-21H2,1-2H3. The highest BCUT2D eigenvalue weighted by Crippen LogP contribution is 2.24. The van der Waals surface area contributed by atoms with E-state index >= 15 is 0 Å². The van der Waals surface area contributed by atoms with Crippen LogP contribution in [-0.2, 0) is 0 Å². The van der Waals surface area contributed by atoms with E-state index in [4.69, 9.17) is 4.74 Å². The van der Waals surface area contributed by atoms with E-state index < -0.39 is 6.04 Å².